The van der Waals surface area contributed by atoms with E-state index in [1.54, 1.807) is 36.4 Å². The van der Waals surface area contributed by atoms with E-state index in [4.69, 9.17) is 16.2 Å². The molecule has 5 nitrogen and oxygen atoms in total. The minimum Gasteiger partial charge on any atom is -0.492 e. The predicted molar refractivity (Wildman–Crippen MR) is 89.2 cm³/mol. The van der Waals surface area contributed by atoms with E-state index in [1.165, 1.54) is 0 Å². The van der Waals surface area contributed by atoms with Crippen LogP contribution in [0, 0.1) is 0 Å². The molecule has 0 amide bonds. The fourth-order valence-corrected chi connectivity index (χ4v) is 1.96. The third-order valence-electron chi connectivity index (χ3n) is 3.25. The SMILES string of the molecule is CN(C)CCOc1cccc(C(=O)c2ccc(N)c(N)c2)c1. The summed E-state index contributed by atoms with van der Waals surface area (Å²) in [5.74, 6) is 0.570. The second-order valence-electron chi connectivity index (χ2n) is 5.35. The first-order valence-electron chi connectivity index (χ1n) is 7.04. The molecule has 0 aliphatic rings. The Morgan fingerprint density at radius 3 is 2.45 bits per heavy atom. The number of rotatable bonds is 6. The van der Waals surface area contributed by atoms with Crippen molar-refractivity contribution in [2.24, 2.45) is 0 Å². The molecule has 0 heterocycles. The number of nitrogens with two attached hydrogens (primary N) is 2. The molecular formula is C17H21N3O2. The summed E-state index contributed by atoms with van der Waals surface area (Å²) < 4.78 is 5.65. The monoisotopic (exact) mass is 299 g/mol. The molecular weight excluding hydrogens is 278 g/mol. The minimum atomic E-state index is -0.107. The maximum atomic E-state index is 12.5. The smallest absolute Gasteiger partial charge is 0.193 e. The number of anilines is 2. The van der Waals surface area contributed by atoms with Gasteiger partial charge in [0.05, 0.1) is 11.4 Å². The summed E-state index contributed by atoms with van der Waals surface area (Å²) in [7, 11) is 3.96. The van der Waals surface area contributed by atoms with Crippen molar-refractivity contribution < 1.29 is 9.53 Å². The zero-order chi connectivity index (χ0) is 16.1. The van der Waals surface area contributed by atoms with Crippen molar-refractivity contribution in [1.29, 1.82) is 0 Å². The van der Waals surface area contributed by atoms with E-state index >= 15 is 0 Å². The summed E-state index contributed by atoms with van der Waals surface area (Å²) in [4.78, 5) is 14.5. The number of ketones is 1. The van der Waals surface area contributed by atoms with Crippen LogP contribution in [0.15, 0.2) is 42.5 Å². The number of hydrogen-bond donors (Lipinski definition) is 2. The Morgan fingerprint density at radius 2 is 1.77 bits per heavy atom. The summed E-state index contributed by atoms with van der Waals surface area (Å²) in [6.07, 6.45) is 0. The lowest BCUT2D eigenvalue weighted by molar-refractivity contribution is 0.103. The molecule has 0 unspecified atom stereocenters. The van der Waals surface area contributed by atoms with Gasteiger partial charge in [0.15, 0.2) is 5.78 Å². The van der Waals surface area contributed by atoms with E-state index in [-0.39, 0.29) is 5.78 Å². The van der Waals surface area contributed by atoms with Gasteiger partial charge in [-0.1, -0.05) is 12.1 Å². The van der Waals surface area contributed by atoms with Crippen LogP contribution in [0.3, 0.4) is 0 Å². The Morgan fingerprint density at radius 1 is 1.05 bits per heavy atom. The molecule has 0 radical (unpaired) electrons. The molecule has 0 spiro atoms. The molecule has 0 saturated carbocycles. The molecule has 0 aliphatic carbocycles. The lowest BCUT2D eigenvalue weighted by Crippen LogP contribution is -2.19. The molecule has 2 rings (SSSR count). The van der Waals surface area contributed by atoms with Gasteiger partial charge in [-0.3, -0.25) is 4.79 Å². The van der Waals surface area contributed by atoms with Crippen molar-refractivity contribution in [2.75, 3.05) is 38.7 Å². The van der Waals surface area contributed by atoms with Crippen molar-refractivity contribution in [3.63, 3.8) is 0 Å². The van der Waals surface area contributed by atoms with Gasteiger partial charge in [-0.05, 0) is 44.4 Å². The average molecular weight is 299 g/mol. The van der Waals surface area contributed by atoms with Crippen LogP contribution in [0.25, 0.3) is 0 Å². The van der Waals surface area contributed by atoms with Crippen LogP contribution in [0.4, 0.5) is 11.4 Å². The molecule has 4 N–H and O–H groups in total. The topological polar surface area (TPSA) is 81.6 Å². The fourth-order valence-electron chi connectivity index (χ4n) is 1.96. The summed E-state index contributed by atoms with van der Waals surface area (Å²) >= 11 is 0. The molecule has 116 valence electrons. The van der Waals surface area contributed by atoms with Crippen molar-refractivity contribution in [3.8, 4) is 5.75 Å². The molecule has 0 aromatic heterocycles. The van der Waals surface area contributed by atoms with Gasteiger partial charge in [-0.15, -0.1) is 0 Å². The molecule has 0 aliphatic heterocycles. The lowest BCUT2D eigenvalue weighted by atomic mass is 10.0. The molecule has 2 aromatic carbocycles. The first kappa shape index (κ1) is 15.9. The predicted octanol–water partition coefficient (Wildman–Crippen LogP) is 2.02. The number of likely N-dealkylation sites (N-methyl/N-ethyl adjacent to an activating group) is 1. The van der Waals surface area contributed by atoms with Crippen molar-refractivity contribution >= 4 is 17.2 Å². The molecule has 22 heavy (non-hydrogen) atoms. The highest BCUT2D eigenvalue weighted by Gasteiger charge is 2.11. The Kier molecular flexibility index (Phi) is 5.01. The van der Waals surface area contributed by atoms with Gasteiger partial charge in [-0.25, -0.2) is 0 Å². The highest BCUT2D eigenvalue weighted by molar-refractivity contribution is 6.10. The van der Waals surface area contributed by atoms with Crippen molar-refractivity contribution in [2.45, 2.75) is 0 Å². The second kappa shape index (κ2) is 6.95. The van der Waals surface area contributed by atoms with Gasteiger partial charge in [-0.2, -0.15) is 0 Å². The standard InChI is InChI=1S/C17H21N3O2/c1-20(2)8-9-22-14-5-3-4-12(10-14)17(21)13-6-7-15(18)16(19)11-13/h3-7,10-11H,8-9,18-19H2,1-2H3. The highest BCUT2D eigenvalue weighted by atomic mass is 16.5. The van der Waals surface area contributed by atoms with Gasteiger partial charge in [0.2, 0.25) is 0 Å². The number of carbonyl (C=O) groups is 1. The molecule has 0 bridgehead atoms. The second-order valence-corrected chi connectivity index (χ2v) is 5.35. The van der Waals surface area contributed by atoms with Crippen LogP contribution in [-0.2, 0) is 0 Å². The maximum absolute atomic E-state index is 12.5. The van der Waals surface area contributed by atoms with Crippen molar-refractivity contribution in [1.82, 2.24) is 4.90 Å². The average Bonchev–Trinajstić information content (AvgIpc) is 2.49. The molecule has 0 saturated heterocycles. The number of benzene rings is 2. The highest BCUT2D eigenvalue weighted by Crippen LogP contribution is 2.21. The van der Waals surface area contributed by atoms with Crippen LogP contribution in [0.1, 0.15) is 15.9 Å². The van der Waals surface area contributed by atoms with Crippen LogP contribution < -0.4 is 16.2 Å². The van der Waals surface area contributed by atoms with Crippen molar-refractivity contribution in [3.05, 3.63) is 53.6 Å². The number of ether oxygens (including phenoxy) is 1. The fraction of sp³-hybridized carbons (Fsp3) is 0.235. The van der Waals surface area contributed by atoms with E-state index in [1.807, 2.05) is 25.1 Å². The largest absolute Gasteiger partial charge is 0.492 e. The third-order valence-corrected chi connectivity index (χ3v) is 3.25. The number of nitrogen functional groups attached to an aromatic ring is 2. The van der Waals surface area contributed by atoms with Gasteiger partial charge in [0, 0.05) is 17.7 Å². The lowest BCUT2D eigenvalue weighted by Gasteiger charge is -2.11. The quantitative estimate of drug-likeness (QED) is 0.630. The first-order chi connectivity index (χ1) is 10.5. The Bertz CT molecular complexity index is 669. The Hall–Kier alpha value is -2.53. The van der Waals surface area contributed by atoms with E-state index in [2.05, 4.69) is 0 Å². The zero-order valence-corrected chi connectivity index (χ0v) is 12.9. The molecule has 2 aromatic rings. The van der Waals surface area contributed by atoms with E-state index < -0.39 is 0 Å². The van der Waals surface area contributed by atoms with Crippen LogP contribution in [0.5, 0.6) is 5.75 Å². The van der Waals surface area contributed by atoms with Crippen LogP contribution in [0.2, 0.25) is 0 Å². The van der Waals surface area contributed by atoms with Gasteiger partial charge >= 0.3 is 0 Å². The summed E-state index contributed by atoms with van der Waals surface area (Å²) in [6.45, 7) is 1.38. The Balaban J connectivity index is 2.14. The third kappa shape index (κ3) is 3.99. The number of carbonyl (C=O) groups excluding carboxylic acids is 1. The maximum Gasteiger partial charge on any atom is 0.193 e. The van der Waals surface area contributed by atoms with Gasteiger partial charge in [0.1, 0.15) is 12.4 Å². The molecule has 0 atom stereocenters. The zero-order valence-electron chi connectivity index (χ0n) is 12.9. The van der Waals surface area contributed by atoms with Gasteiger partial charge < -0.3 is 21.1 Å². The van der Waals surface area contributed by atoms with Crippen LogP contribution >= 0.6 is 0 Å². The Labute approximate surface area is 130 Å². The summed E-state index contributed by atoms with van der Waals surface area (Å²) in [6, 6.07) is 12.0. The summed E-state index contributed by atoms with van der Waals surface area (Å²) in [5, 5.41) is 0. The number of nitrogens with zero attached hydrogens (tertiary/aromatic N) is 1. The molecule has 0 fully saturated rings. The van der Waals surface area contributed by atoms with E-state index in [9.17, 15) is 4.79 Å². The molecule has 5 heteroatoms. The number of hydrogen-bond acceptors (Lipinski definition) is 5. The van der Waals surface area contributed by atoms with Gasteiger partial charge in [0.25, 0.3) is 0 Å². The normalized spacial score (nSPS) is 10.7. The van der Waals surface area contributed by atoms with Crippen LogP contribution in [-0.4, -0.2) is 37.9 Å². The minimum absolute atomic E-state index is 0.107. The first-order valence-corrected chi connectivity index (χ1v) is 7.04. The van der Waals surface area contributed by atoms with E-state index in [0.29, 0.717) is 34.9 Å². The van der Waals surface area contributed by atoms with E-state index in [0.717, 1.165) is 6.54 Å². The summed E-state index contributed by atoms with van der Waals surface area (Å²) in [5.41, 5.74) is 13.4.